The molecule has 20 heavy (non-hydrogen) atoms. The molecule has 0 unspecified atom stereocenters. The molecule has 0 aliphatic heterocycles. The molecular weight excluding hydrogens is 296 g/mol. The van der Waals surface area contributed by atoms with E-state index in [-0.39, 0.29) is 11.3 Å². The Labute approximate surface area is 121 Å². The first-order chi connectivity index (χ1) is 9.65. The maximum atomic E-state index is 12.1. The Morgan fingerprint density at radius 2 is 2.15 bits per heavy atom. The van der Waals surface area contributed by atoms with E-state index >= 15 is 0 Å². The summed E-state index contributed by atoms with van der Waals surface area (Å²) in [6, 6.07) is 7.49. The fourth-order valence-electron chi connectivity index (χ4n) is 1.89. The smallest absolute Gasteiger partial charge is 0.355 e. The van der Waals surface area contributed by atoms with E-state index in [1.165, 1.54) is 28.2 Å². The van der Waals surface area contributed by atoms with Crippen molar-refractivity contribution in [2.75, 3.05) is 0 Å². The number of carboxylic acid groups (broad SMARTS) is 1. The van der Waals surface area contributed by atoms with Gasteiger partial charge in [-0.2, -0.15) is 0 Å². The Morgan fingerprint density at radius 3 is 2.85 bits per heavy atom. The van der Waals surface area contributed by atoms with Crippen molar-refractivity contribution in [3.05, 3.63) is 50.7 Å². The molecule has 2 heterocycles. The molecule has 3 rings (SSSR count). The average molecular weight is 306 g/mol. The molecule has 0 spiro atoms. The van der Waals surface area contributed by atoms with Crippen molar-refractivity contribution in [1.82, 2.24) is 8.94 Å². The minimum atomic E-state index is -1.02. The molecule has 0 saturated heterocycles. The first kappa shape index (κ1) is 13.0. The number of aryl methyl sites for hydroxylation is 2. The van der Waals surface area contributed by atoms with Crippen molar-refractivity contribution in [3.8, 4) is 0 Å². The van der Waals surface area contributed by atoms with Crippen LogP contribution < -0.4 is 5.56 Å². The lowest BCUT2D eigenvalue weighted by Crippen LogP contribution is -2.14. The number of nitrogens with zero attached hydrogens (tertiary/aromatic N) is 2. The highest BCUT2D eigenvalue weighted by atomic mass is 32.1. The average Bonchev–Trinajstić information content (AvgIpc) is 3.03. The lowest BCUT2D eigenvalue weighted by molar-refractivity contribution is 0.0691. The van der Waals surface area contributed by atoms with Crippen LogP contribution in [0.2, 0.25) is 0 Å². The third kappa shape index (κ3) is 2.37. The van der Waals surface area contributed by atoms with Crippen LogP contribution in [0.4, 0.5) is 0 Å². The molecule has 0 aliphatic rings. The molecule has 102 valence electrons. The van der Waals surface area contributed by atoms with Crippen molar-refractivity contribution in [2.24, 2.45) is 0 Å². The van der Waals surface area contributed by atoms with Crippen LogP contribution in [0.1, 0.15) is 15.5 Å². The van der Waals surface area contributed by atoms with Gasteiger partial charge in [-0.3, -0.25) is 8.75 Å². The van der Waals surface area contributed by atoms with Gasteiger partial charge in [-0.1, -0.05) is 23.7 Å². The Kier molecular flexibility index (Phi) is 3.37. The van der Waals surface area contributed by atoms with E-state index in [2.05, 4.69) is 4.98 Å². The topological polar surface area (TPSA) is 72.2 Å². The van der Waals surface area contributed by atoms with Crippen molar-refractivity contribution < 1.29 is 9.90 Å². The van der Waals surface area contributed by atoms with Gasteiger partial charge >= 0.3 is 5.97 Å². The molecule has 0 bridgehead atoms. The normalized spacial score (nSPS) is 11.0. The van der Waals surface area contributed by atoms with E-state index in [1.807, 2.05) is 24.3 Å². The van der Waals surface area contributed by atoms with E-state index in [1.54, 1.807) is 3.96 Å². The number of thiazole rings is 1. The highest BCUT2D eigenvalue weighted by molar-refractivity contribution is 7.13. The van der Waals surface area contributed by atoms with Gasteiger partial charge in [0.2, 0.25) is 0 Å². The van der Waals surface area contributed by atoms with Crippen LogP contribution in [0, 0.1) is 0 Å². The number of aromatic nitrogens is 2. The summed E-state index contributed by atoms with van der Waals surface area (Å²) in [5.41, 5.74) is 0.0642. The van der Waals surface area contributed by atoms with Gasteiger partial charge in [0, 0.05) is 18.3 Å². The van der Waals surface area contributed by atoms with E-state index < -0.39 is 5.97 Å². The van der Waals surface area contributed by atoms with Crippen LogP contribution in [0.25, 0.3) is 10.1 Å². The summed E-state index contributed by atoms with van der Waals surface area (Å²) in [4.78, 5) is 26.9. The van der Waals surface area contributed by atoms with E-state index in [4.69, 9.17) is 5.11 Å². The summed E-state index contributed by atoms with van der Waals surface area (Å²) in [5, 5.41) is 11.8. The van der Waals surface area contributed by atoms with E-state index in [0.717, 1.165) is 15.1 Å². The maximum Gasteiger partial charge on any atom is 0.355 e. The summed E-state index contributed by atoms with van der Waals surface area (Å²) in [5.74, 6) is -1.02. The summed E-state index contributed by atoms with van der Waals surface area (Å²) >= 11 is 2.73. The predicted molar refractivity (Wildman–Crippen MR) is 78.9 cm³/mol. The quantitative estimate of drug-likeness (QED) is 0.803. The standard InChI is InChI=1S/C13H10N2O3S2/c16-12-8-3-1-2-4-10(8)20-15(12)6-5-11-14-9(7-19-11)13(17)18/h1-4,7H,5-6H2,(H,17,18). The fourth-order valence-corrected chi connectivity index (χ4v) is 3.64. The van der Waals surface area contributed by atoms with Gasteiger partial charge < -0.3 is 5.11 Å². The largest absolute Gasteiger partial charge is 0.476 e. The number of fused-ring (bicyclic) bond motifs is 1. The van der Waals surface area contributed by atoms with Crippen LogP contribution in [0.15, 0.2) is 34.4 Å². The van der Waals surface area contributed by atoms with Gasteiger partial charge in [-0.15, -0.1) is 11.3 Å². The lowest BCUT2D eigenvalue weighted by Gasteiger charge is -1.96. The van der Waals surface area contributed by atoms with Crippen LogP contribution in [0.3, 0.4) is 0 Å². The van der Waals surface area contributed by atoms with Gasteiger partial charge in [-0.25, -0.2) is 9.78 Å². The predicted octanol–water partition coefficient (Wildman–Crippen LogP) is 2.46. The van der Waals surface area contributed by atoms with E-state index in [0.29, 0.717) is 13.0 Å². The highest BCUT2D eigenvalue weighted by Crippen LogP contribution is 2.17. The molecule has 2 aromatic heterocycles. The fraction of sp³-hybridized carbons (Fsp3) is 0.154. The summed E-state index contributed by atoms with van der Waals surface area (Å²) < 4.78 is 2.65. The highest BCUT2D eigenvalue weighted by Gasteiger charge is 2.10. The lowest BCUT2D eigenvalue weighted by atomic mass is 10.3. The number of hydrogen-bond donors (Lipinski definition) is 1. The molecule has 0 radical (unpaired) electrons. The van der Waals surface area contributed by atoms with Crippen molar-refractivity contribution in [1.29, 1.82) is 0 Å². The minimum Gasteiger partial charge on any atom is -0.476 e. The zero-order chi connectivity index (χ0) is 14.1. The van der Waals surface area contributed by atoms with E-state index in [9.17, 15) is 9.59 Å². The number of carboxylic acids is 1. The molecule has 0 aliphatic carbocycles. The summed E-state index contributed by atoms with van der Waals surface area (Å²) in [7, 11) is 0. The number of aromatic carboxylic acids is 1. The zero-order valence-electron chi connectivity index (χ0n) is 10.3. The molecule has 0 atom stereocenters. The zero-order valence-corrected chi connectivity index (χ0v) is 11.9. The first-order valence-electron chi connectivity index (χ1n) is 5.92. The maximum absolute atomic E-state index is 12.1. The van der Waals surface area contributed by atoms with Crippen LogP contribution >= 0.6 is 22.9 Å². The SMILES string of the molecule is O=C(O)c1csc(CCn2sc3ccccc3c2=O)n1. The van der Waals surface area contributed by atoms with Crippen molar-refractivity contribution in [2.45, 2.75) is 13.0 Å². The Balaban J connectivity index is 1.81. The third-order valence-electron chi connectivity index (χ3n) is 2.85. The summed E-state index contributed by atoms with van der Waals surface area (Å²) in [6.45, 7) is 0.519. The molecule has 0 fully saturated rings. The van der Waals surface area contributed by atoms with Crippen molar-refractivity contribution >= 4 is 38.9 Å². The van der Waals surface area contributed by atoms with Crippen molar-refractivity contribution in [3.63, 3.8) is 0 Å². The van der Waals surface area contributed by atoms with Crippen LogP contribution in [-0.2, 0) is 13.0 Å². The molecule has 7 heteroatoms. The van der Waals surface area contributed by atoms with Gasteiger partial charge in [-0.05, 0) is 12.1 Å². The second-order valence-corrected chi connectivity index (χ2v) is 6.18. The first-order valence-corrected chi connectivity index (χ1v) is 7.57. The number of benzene rings is 1. The van der Waals surface area contributed by atoms with Crippen LogP contribution in [-0.4, -0.2) is 20.0 Å². The molecule has 3 aromatic rings. The Morgan fingerprint density at radius 1 is 1.35 bits per heavy atom. The minimum absolute atomic E-state index is 0.000569. The number of rotatable bonds is 4. The summed E-state index contributed by atoms with van der Waals surface area (Å²) in [6.07, 6.45) is 0.560. The molecule has 0 saturated carbocycles. The number of carbonyl (C=O) groups is 1. The Hall–Kier alpha value is -1.99. The third-order valence-corrected chi connectivity index (χ3v) is 4.88. The monoisotopic (exact) mass is 306 g/mol. The number of hydrogen-bond acceptors (Lipinski definition) is 5. The van der Waals surface area contributed by atoms with Crippen LogP contribution in [0.5, 0.6) is 0 Å². The Bertz CT molecular complexity index is 831. The van der Waals surface area contributed by atoms with Gasteiger partial charge in [0.05, 0.1) is 15.1 Å². The van der Waals surface area contributed by atoms with Gasteiger partial charge in [0.15, 0.2) is 5.69 Å². The van der Waals surface area contributed by atoms with Gasteiger partial charge in [0.25, 0.3) is 5.56 Å². The second kappa shape index (κ2) is 5.18. The second-order valence-electron chi connectivity index (χ2n) is 4.18. The van der Waals surface area contributed by atoms with Gasteiger partial charge in [0.1, 0.15) is 0 Å². The molecule has 0 amide bonds. The molecule has 5 nitrogen and oxygen atoms in total. The molecular formula is C13H10N2O3S2. The molecule has 1 N–H and O–H groups in total. The molecule has 1 aromatic carbocycles.